The van der Waals surface area contributed by atoms with E-state index in [0.29, 0.717) is 0 Å². The number of hydrogen-bond donors (Lipinski definition) is 0. The molecule has 0 spiro atoms. The van der Waals surface area contributed by atoms with Gasteiger partial charge in [0.25, 0.3) is 0 Å². The van der Waals surface area contributed by atoms with Crippen LogP contribution in [-0.4, -0.2) is 15.7 Å². The molecule has 0 radical (unpaired) electrons. The third-order valence-corrected chi connectivity index (χ3v) is 5.18. The Bertz CT molecular complexity index is 382. The van der Waals surface area contributed by atoms with Crippen molar-refractivity contribution < 1.29 is 4.21 Å². The van der Waals surface area contributed by atoms with Crippen molar-refractivity contribution in [3.05, 3.63) is 40.8 Å². The molecule has 14 heavy (non-hydrogen) atoms. The Morgan fingerprint density at radius 1 is 1.29 bits per heavy atom. The average Bonchev–Trinajstić information content (AvgIpc) is 2.19. The SMILES string of the molecule is CC1=C(c2ccccc2)S(=O)CCS1. The average molecular weight is 224 g/mol. The zero-order chi connectivity index (χ0) is 9.97. The normalized spacial score (nSPS) is 22.5. The van der Waals surface area contributed by atoms with Gasteiger partial charge in [0, 0.05) is 11.5 Å². The van der Waals surface area contributed by atoms with Crippen molar-refractivity contribution >= 4 is 27.5 Å². The van der Waals surface area contributed by atoms with Gasteiger partial charge >= 0.3 is 0 Å². The van der Waals surface area contributed by atoms with Crippen LogP contribution in [0, 0.1) is 0 Å². The minimum absolute atomic E-state index is 0.784. The van der Waals surface area contributed by atoms with Crippen LogP contribution in [0.25, 0.3) is 4.91 Å². The second kappa shape index (κ2) is 4.32. The summed E-state index contributed by atoms with van der Waals surface area (Å²) in [4.78, 5) is 2.24. The maximum atomic E-state index is 11.8. The van der Waals surface area contributed by atoms with Gasteiger partial charge in [0.2, 0.25) is 0 Å². The summed E-state index contributed by atoms with van der Waals surface area (Å²) in [6.45, 7) is 2.06. The summed E-state index contributed by atoms with van der Waals surface area (Å²) in [5.41, 5.74) is 1.11. The van der Waals surface area contributed by atoms with Crippen molar-refractivity contribution in [3.8, 4) is 0 Å². The van der Waals surface area contributed by atoms with E-state index in [4.69, 9.17) is 0 Å². The highest BCUT2D eigenvalue weighted by Gasteiger charge is 2.18. The largest absolute Gasteiger partial charge is 0.254 e. The Kier molecular flexibility index (Phi) is 3.08. The Balaban J connectivity index is 2.46. The van der Waals surface area contributed by atoms with Crippen LogP contribution in [0.5, 0.6) is 0 Å². The van der Waals surface area contributed by atoms with E-state index in [9.17, 15) is 4.21 Å². The molecule has 74 valence electrons. The summed E-state index contributed by atoms with van der Waals surface area (Å²) < 4.78 is 11.8. The fraction of sp³-hybridized carbons (Fsp3) is 0.273. The van der Waals surface area contributed by atoms with E-state index < -0.39 is 10.8 Å². The molecule has 3 heteroatoms. The number of hydrogen-bond acceptors (Lipinski definition) is 2. The van der Waals surface area contributed by atoms with Crippen LogP contribution in [0.4, 0.5) is 0 Å². The van der Waals surface area contributed by atoms with Crippen molar-refractivity contribution in [3.63, 3.8) is 0 Å². The van der Waals surface area contributed by atoms with Crippen LogP contribution in [-0.2, 0) is 10.8 Å². The fourth-order valence-electron chi connectivity index (χ4n) is 1.52. The third-order valence-electron chi connectivity index (χ3n) is 2.17. The van der Waals surface area contributed by atoms with Gasteiger partial charge in [-0.3, -0.25) is 4.21 Å². The molecule has 2 rings (SSSR count). The molecule has 1 unspecified atom stereocenters. The molecule has 1 heterocycles. The van der Waals surface area contributed by atoms with Crippen molar-refractivity contribution in [2.75, 3.05) is 11.5 Å². The van der Waals surface area contributed by atoms with Crippen LogP contribution in [0.1, 0.15) is 12.5 Å². The van der Waals surface area contributed by atoms with E-state index in [-0.39, 0.29) is 0 Å². The fourth-order valence-corrected chi connectivity index (χ4v) is 4.40. The van der Waals surface area contributed by atoms with Gasteiger partial charge in [0.05, 0.1) is 15.7 Å². The van der Waals surface area contributed by atoms with Crippen LogP contribution in [0.15, 0.2) is 35.2 Å². The summed E-state index contributed by atoms with van der Waals surface area (Å²) in [5, 5.41) is 0. The van der Waals surface area contributed by atoms with Crippen molar-refractivity contribution in [2.45, 2.75) is 6.92 Å². The predicted molar refractivity (Wildman–Crippen MR) is 64.5 cm³/mol. The molecule has 0 saturated heterocycles. The highest BCUT2D eigenvalue weighted by atomic mass is 32.2. The maximum absolute atomic E-state index is 11.8. The minimum atomic E-state index is -0.800. The molecule has 0 N–H and O–H groups in total. The molecule has 0 fully saturated rings. The van der Waals surface area contributed by atoms with Gasteiger partial charge in [-0.15, -0.1) is 11.8 Å². The van der Waals surface area contributed by atoms with Gasteiger partial charge in [-0.2, -0.15) is 0 Å². The molecule has 0 aromatic heterocycles. The predicted octanol–water partition coefficient (Wildman–Crippen LogP) is 2.87. The van der Waals surface area contributed by atoms with Gasteiger partial charge in [-0.05, 0) is 17.4 Å². The molecule has 0 bridgehead atoms. The molecule has 0 amide bonds. The van der Waals surface area contributed by atoms with Crippen molar-refractivity contribution in [2.24, 2.45) is 0 Å². The lowest BCUT2D eigenvalue weighted by Gasteiger charge is -2.16. The second-order valence-corrected chi connectivity index (χ2v) is 5.97. The van der Waals surface area contributed by atoms with E-state index in [0.717, 1.165) is 22.0 Å². The van der Waals surface area contributed by atoms with Gasteiger partial charge in [-0.25, -0.2) is 0 Å². The first-order chi connectivity index (χ1) is 6.79. The van der Waals surface area contributed by atoms with E-state index >= 15 is 0 Å². The van der Waals surface area contributed by atoms with Crippen molar-refractivity contribution in [1.82, 2.24) is 0 Å². The lowest BCUT2D eigenvalue weighted by atomic mass is 10.2. The van der Waals surface area contributed by atoms with E-state index in [1.54, 1.807) is 0 Å². The Morgan fingerprint density at radius 3 is 2.64 bits per heavy atom. The number of benzene rings is 1. The Labute approximate surface area is 91.1 Å². The summed E-state index contributed by atoms with van der Waals surface area (Å²) in [5.74, 6) is 1.76. The molecule has 1 atom stereocenters. The van der Waals surface area contributed by atoms with Gasteiger partial charge in [-0.1, -0.05) is 30.3 Å². The molecule has 1 aliphatic heterocycles. The quantitative estimate of drug-likeness (QED) is 0.729. The third kappa shape index (κ3) is 1.93. The van der Waals surface area contributed by atoms with Crippen molar-refractivity contribution in [1.29, 1.82) is 0 Å². The molecule has 1 aromatic rings. The molecular weight excluding hydrogens is 212 g/mol. The Morgan fingerprint density at radius 2 is 2.00 bits per heavy atom. The minimum Gasteiger partial charge on any atom is -0.254 e. The molecule has 0 saturated carbocycles. The van der Waals surface area contributed by atoms with E-state index in [1.807, 2.05) is 42.1 Å². The summed E-state index contributed by atoms with van der Waals surface area (Å²) in [6, 6.07) is 10.0. The standard InChI is InChI=1S/C11H12OS2/c1-9-11(14(12)8-7-13-9)10-5-3-2-4-6-10/h2-6H,7-8H2,1H3. The maximum Gasteiger partial charge on any atom is 0.0552 e. The lowest BCUT2D eigenvalue weighted by molar-refractivity contribution is 0.689. The van der Waals surface area contributed by atoms with E-state index in [1.165, 1.54) is 4.91 Å². The lowest BCUT2D eigenvalue weighted by Crippen LogP contribution is -2.08. The molecule has 1 aromatic carbocycles. The molecule has 0 aliphatic carbocycles. The second-order valence-electron chi connectivity index (χ2n) is 3.15. The monoisotopic (exact) mass is 224 g/mol. The summed E-state index contributed by atoms with van der Waals surface area (Å²) in [7, 11) is -0.800. The molecule has 1 nitrogen and oxygen atoms in total. The van der Waals surface area contributed by atoms with E-state index in [2.05, 4.69) is 6.92 Å². The topological polar surface area (TPSA) is 17.1 Å². The zero-order valence-electron chi connectivity index (χ0n) is 8.03. The highest BCUT2D eigenvalue weighted by Crippen LogP contribution is 2.33. The first kappa shape index (κ1) is 9.99. The van der Waals surface area contributed by atoms with Crippen LogP contribution in [0.2, 0.25) is 0 Å². The molecule has 1 aliphatic rings. The number of thioether (sulfide) groups is 1. The van der Waals surface area contributed by atoms with Crippen LogP contribution in [0.3, 0.4) is 0 Å². The van der Waals surface area contributed by atoms with Crippen LogP contribution >= 0.6 is 11.8 Å². The summed E-state index contributed by atoms with van der Waals surface area (Å²) >= 11 is 1.81. The number of rotatable bonds is 1. The van der Waals surface area contributed by atoms with Gasteiger partial charge in [0.1, 0.15) is 0 Å². The summed E-state index contributed by atoms with van der Waals surface area (Å²) in [6.07, 6.45) is 0. The smallest absolute Gasteiger partial charge is 0.0552 e. The first-order valence-electron chi connectivity index (χ1n) is 4.56. The zero-order valence-corrected chi connectivity index (χ0v) is 9.66. The highest BCUT2D eigenvalue weighted by molar-refractivity contribution is 8.07. The number of allylic oxidation sites excluding steroid dienone is 1. The van der Waals surface area contributed by atoms with Gasteiger partial charge < -0.3 is 0 Å². The van der Waals surface area contributed by atoms with Gasteiger partial charge in [0.15, 0.2) is 0 Å². The molecular formula is C11H12OS2. The first-order valence-corrected chi connectivity index (χ1v) is 6.87. The van der Waals surface area contributed by atoms with Crippen LogP contribution < -0.4 is 0 Å². The Hall–Kier alpha value is -0.540.